The number of alkyl halides is 2. The van der Waals surface area contributed by atoms with Crippen molar-refractivity contribution in [3.63, 3.8) is 0 Å². The van der Waals surface area contributed by atoms with E-state index in [9.17, 15) is 18.4 Å². The summed E-state index contributed by atoms with van der Waals surface area (Å²) in [5.41, 5.74) is 2.43. The van der Waals surface area contributed by atoms with Crippen molar-refractivity contribution in [3.8, 4) is 11.5 Å². The fourth-order valence-corrected chi connectivity index (χ4v) is 2.52. The van der Waals surface area contributed by atoms with E-state index < -0.39 is 19.2 Å². The average Bonchev–Trinajstić information content (AvgIpc) is 2.59. The smallest absolute Gasteiger partial charge is 0.387 e. The molecule has 0 spiro atoms. The molecule has 2 rings (SSSR count). The number of hydrogen-bond donors (Lipinski definition) is 2. The van der Waals surface area contributed by atoms with Crippen LogP contribution >= 0.6 is 0 Å². The van der Waals surface area contributed by atoms with E-state index in [4.69, 9.17) is 9.84 Å². The second-order valence-electron chi connectivity index (χ2n) is 5.83. The Bertz CT molecular complexity index is 798. The molecule has 0 atom stereocenters. The molecule has 0 fully saturated rings. The van der Waals surface area contributed by atoms with Crippen molar-refractivity contribution < 1.29 is 33.0 Å². The number of carbonyl (C=O) groups is 2. The molecule has 0 aliphatic carbocycles. The van der Waals surface area contributed by atoms with E-state index in [2.05, 4.69) is 10.1 Å². The molecule has 0 saturated heterocycles. The summed E-state index contributed by atoms with van der Waals surface area (Å²) in [6.45, 7) is 0.317. The number of carboxylic acid groups (broad SMARTS) is 1. The molecule has 0 heterocycles. The van der Waals surface area contributed by atoms with E-state index >= 15 is 0 Å². The quantitative estimate of drug-likeness (QED) is 0.735. The minimum Gasteiger partial charge on any atom is -0.481 e. The summed E-state index contributed by atoms with van der Waals surface area (Å²) in [5, 5.41) is 11.4. The maximum atomic E-state index is 12.3. The molecular formula is C19H19F2NO5. The number of rotatable bonds is 8. The molecule has 2 aromatic carbocycles. The molecular weight excluding hydrogens is 360 g/mol. The summed E-state index contributed by atoms with van der Waals surface area (Å²) in [6, 6.07) is 9.18. The van der Waals surface area contributed by atoms with Gasteiger partial charge in [-0.05, 0) is 54.8 Å². The highest BCUT2D eigenvalue weighted by Crippen LogP contribution is 2.25. The van der Waals surface area contributed by atoms with Gasteiger partial charge in [-0.3, -0.25) is 4.79 Å². The van der Waals surface area contributed by atoms with Crippen molar-refractivity contribution in [2.45, 2.75) is 27.0 Å². The van der Waals surface area contributed by atoms with E-state index in [1.54, 1.807) is 38.1 Å². The van der Waals surface area contributed by atoms with Gasteiger partial charge in [-0.1, -0.05) is 12.1 Å². The molecule has 0 saturated carbocycles. The van der Waals surface area contributed by atoms with Crippen LogP contribution in [0, 0.1) is 13.8 Å². The molecule has 144 valence electrons. The number of amides is 1. The molecule has 6 nitrogen and oxygen atoms in total. The third-order valence-corrected chi connectivity index (χ3v) is 3.66. The lowest BCUT2D eigenvalue weighted by atomic mass is 10.0. The first-order chi connectivity index (χ1) is 12.8. The maximum Gasteiger partial charge on any atom is 0.387 e. The van der Waals surface area contributed by atoms with Crippen LogP contribution < -0.4 is 14.8 Å². The van der Waals surface area contributed by atoms with Crippen LogP contribution in [0.3, 0.4) is 0 Å². The Hall–Kier alpha value is -3.16. The minimum atomic E-state index is -2.88. The summed E-state index contributed by atoms with van der Waals surface area (Å²) in [5.74, 6) is -0.925. The zero-order valence-corrected chi connectivity index (χ0v) is 14.8. The van der Waals surface area contributed by atoms with Crippen LogP contribution in [0.15, 0.2) is 36.4 Å². The van der Waals surface area contributed by atoms with E-state index in [0.717, 1.165) is 5.56 Å². The van der Waals surface area contributed by atoms with Crippen LogP contribution in [-0.4, -0.2) is 30.2 Å². The van der Waals surface area contributed by atoms with Gasteiger partial charge >= 0.3 is 12.6 Å². The van der Waals surface area contributed by atoms with E-state index in [0.29, 0.717) is 22.4 Å². The SMILES string of the molecule is Cc1cc(C(=O)NCc2ccc(OC(F)F)cc2)cc(C)c1OCC(=O)O. The van der Waals surface area contributed by atoms with Gasteiger partial charge in [0.15, 0.2) is 6.61 Å². The first-order valence-electron chi connectivity index (χ1n) is 8.04. The summed E-state index contributed by atoms with van der Waals surface area (Å²) in [7, 11) is 0. The molecule has 27 heavy (non-hydrogen) atoms. The van der Waals surface area contributed by atoms with Gasteiger partial charge in [0.1, 0.15) is 11.5 Å². The lowest BCUT2D eigenvalue weighted by molar-refractivity contribution is -0.139. The van der Waals surface area contributed by atoms with Crippen molar-refractivity contribution in [1.29, 1.82) is 0 Å². The molecule has 2 aromatic rings. The number of carbonyl (C=O) groups excluding carboxylic acids is 1. The average molecular weight is 379 g/mol. The summed E-state index contributed by atoms with van der Waals surface area (Å²) >= 11 is 0. The van der Waals surface area contributed by atoms with Crippen LogP contribution in [-0.2, 0) is 11.3 Å². The first kappa shape index (κ1) is 20.2. The number of halogens is 2. The standard InChI is InChI=1S/C19H19F2NO5/c1-11-7-14(8-12(2)17(11)26-10-16(23)24)18(25)22-9-13-3-5-15(6-4-13)27-19(20)21/h3-8,19H,9-10H2,1-2H3,(H,22,25)(H,23,24). The normalized spacial score (nSPS) is 10.6. The largest absolute Gasteiger partial charge is 0.481 e. The van der Waals surface area contributed by atoms with Gasteiger partial charge in [0.2, 0.25) is 0 Å². The Balaban J connectivity index is 2.00. The Kier molecular flexibility index (Phi) is 6.70. The molecule has 8 heteroatoms. The van der Waals surface area contributed by atoms with Gasteiger partial charge in [-0.2, -0.15) is 8.78 Å². The molecule has 0 unspecified atom stereocenters. The highest BCUT2D eigenvalue weighted by atomic mass is 19.3. The van der Waals surface area contributed by atoms with Crippen LogP contribution in [0.5, 0.6) is 11.5 Å². The zero-order valence-electron chi connectivity index (χ0n) is 14.8. The molecule has 0 aliphatic rings. The Morgan fingerprint density at radius 1 is 1.11 bits per heavy atom. The predicted molar refractivity (Wildman–Crippen MR) is 93.3 cm³/mol. The Morgan fingerprint density at radius 3 is 2.22 bits per heavy atom. The fraction of sp³-hybridized carbons (Fsp3) is 0.263. The number of ether oxygens (including phenoxy) is 2. The highest BCUT2D eigenvalue weighted by molar-refractivity contribution is 5.94. The van der Waals surface area contributed by atoms with Crippen molar-refractivity contribution in [2.24, 2.45) is 0 Å². The van der Waals surface area contributed by atoms with E-state index in [1.165, 1.54) is 12.1 Å². The second kappa shape index (κ2) is 8.98. The van der Waals surface area contributed by atoms with Crippen molar-refractivity contribution >= 4 is 11.9 Å². The van der Waals surface area contributed by atoms with Crippen molar-refractivity contribution in [2.75, 3.05) is 6.61 Å². The van der Waals surface area contributed by atoms with Crippen molar-refractivity contribution in [3.05, 3.63) is 58.7 Å². The van der Waals surface area contributed by atoms with Gasteiger partial charge in [0.25, 0.3) is 5.91 Å². The summed E-state index contributed by atoms with van der Waals surface area (Å²) in [6.07, 6.45) is 0. The van der Waals surface area contributed by atoms with Gasteiger partial charge in [-0.15, -0.1) is 0 Å². The zero-order chi connectivity index (χ0) is 20.0. The van der Waals surface area contributed by atoms with Crippen molar-refractivity contribution in [1.82, 2.24) is 5.32 Å². The molecule has 0 radical (unpaired) electrons. The molecule has 0 aliphatic heterocycles. The maximum absolute atomic E-state index is 12.3. The Morgan fingerprint density at radius 2 is 1.70 bits per heavy atom. The Labute approximate surface area is 154 Å². The number of benzene rings is 2. The minimum absolute atomic E-state index is 0.0447. The molecule has 1 amide bonds. The first-order valence-corrected chi connectivity index (χ1v) is 8.04. The fourth-order valence-electron chi connectivity index (χ4n) is 2.52. The number of hydrogen-bond acceptors (Lipinski definition) is 4. The lowest BCUT2D eigenvalue weighted by Crippen LogP contribution is -2.23. The topological polar surface area (TPSA) is 84.9 Å². The summed E-state index contributed by atoms with van der Waals surface area (Å²) < 4.78 is 33.8. The van der Waals surface area contributed by atoms with Gasteiger partial charge < -0.3 is 19.9 Å². The number of aliphatic carboxylic acids is 1. The third-order valence-electron chi connectivity index (χ3n) is 3.66. The van der Waals surface area contributed by atoms with E-state index in [1.807, 2.05) is 0 Å². The lowest BCUT2D eigenvalue weighted by Gasteiger charge is -2.13. The van der Waals surface area contributed by atoms with E-state index in [-0.39, 0.29) is 18.2 Å². The molecule has 0 aromatic heterocycles. The monoisotopic (exact) mass is 379 g/mol. The van der Waals surface area contributed by atoms with Gasteiger partial charge in [0, 0.05) is 12.1 Å². The summed E-state index contributed by atoms with van der Waals surface area (Å²) in [4.78, 5) is 23.0. The third kappa shape index (κ3) is 5.95. The predicted octanol–water partition coefficient (Wildman–Crippen LogP) is 3.30. The van der Waals surface area contributed by atoms with Crippen LogP contribution in [0.1, 0.15) is 27.0 Å². The molecule has 2 N–H and O–H groups in total. The highest BCUT2D eigenvalue weighted by Gasteiger charge is 2.13. The number of aryl methyl sites for hydroxylation is 2. The van der Waals surface area contributed by atoms with Crippen LogP contribution in [0.25, 0.3) is 0 Å². The number of carboxylic acids is 1. The van der Waals surface area contributed by atoms with Gasteiger partial charge in [0.05, 0.1) is 0 Å². The number of nitrogens with one attached hydrogen (secondary N) is 1. The molecule has 0 bridgehead atoms. The van der Waals surface area contributed by atoms with Gasteiger partial charge in [-0.25, -0.2) is 4.79 Å². The second-order valence-corrected chi connectivity index (χ2v) is 5.83. The van der Waals surface area contributed by atoms with Crippen LogP contribution in [0.4, 0.5) is 8.78 Å². The van der Waals surface area contributed by atoms with Crippen LogP contribution in [0.2, 0.25) is 0 Å².